The number of amidine groups is 2. The number of rotatable bonds is 1. The summed E-state index contributed by atoms with van der Waals surface area (Å²) in [5, 5.41) is 3.67. The number of carbonyl (C=O) groups is 1. The van der Waals surface area contributed by atoms with Crippen LogP contribution in [0.15, 0.2) is 21.3 Å². The highest BCUT2D eigenvalue weighted by atomic mass is 35.5. The molecule has 0 aromatic rings. The number of nitrogens with zero attached hydrogens (tertiary/aromatic N) is 5. The maximum absolute atomic E-state index is 13.0. The Balaban J connectivity index is 1.91. The fraction of sp³-hybridized carbons (Fsp3) is 0.667. The minimum Gasteiger partial charge on any atom is -0.336 e. The molecule has 1 N–H and O–H groups in total. The Hall–Kier alpha value is -1.44. The maximum Gasteiger partial charge on any atom is 0.259 e. The number of fused-ring (bicyclic) bond motifs is 1. The fourth-order valence-electron chi connectivity index (χ4n) is 2.98. The summed E-state index contributed by atoms with van der Waals surface area (Å²) in [6.45, 7) is 7.97. The highest BCUT2D eigenvalue weighted by molar-refractivity contribution is 6.66. The molecule has 8 heteroatoms. The van der Waals surface area contributed by atoms with E-state index in [1.165, 1.54) is 0 Å². The first-order valence-corrected chi connectivity index (χ1v) is 8.41. The van der Waals surface area contributed by atoms with Crippen LogP contribution in [0.25, 0.3) is 0 Å². The summed E-state index contributed by atoms with van der Waals surface area (Å²) < 4.78 is 0. The van der Waals surface area contributed by atoms with Crippen molar-refractivity contribution in [3.8, 4) is 0 Å². The fourth-order valence-corrected chi connectivity index (χ4v) is 3.27. The lowest BCUT2D eigenvalue weighted by Crippen LogP contribution is -2.51. The highest BCUT2D eigenvalue weighted by Crippen LogP contribution is 2.23. The van der Waals surface area contributed by atoms with Crippen LogP contribution in [0.1, 0.15) is 6.92 Å². The number of carbonyl (C=O) groups excluding carboxylic acids is 1. The van der Waals surface area contributed by atoms with Crippen LogP contribution in [0, 0.1) is 0 Å². The molecule has 23 heavy (non-hydrogen) atoms. The second kappa shape index (κ2) is 6.98. The van der Waals surface area contributed by atoms with Crippen LogP contribution in [-0.4, -0.2) is 91.1 Å². The summed E-state index contributed by atoms with van der Waals surface area (Å²) in [6.07, 6.45) is 0. The SMILES string of the molecule is CC1=C(C(=O)N2CCN(C)CC2)C2=NCCNCCN2C(Cl)=N1. The van der Waals surface area contributed by atoms with Crippen molar-refractivity contribution in [2.24, 2.45) is 9.98 Å². The number of halogens is 1. The predicted molar refractivity (Wildman–Crippen MR) is 91.9 cm³/mol. The summed E-state index contributed by atoms with van der Waals surface area (Å²) in [7, 11) is 2.07. The van der Waals surface area contributed by atoms with Gasteiger partial charge in [0.05, 0.1) is 12.2 Å². The number of hydrogen-bond donors (Lipinski definition) is 1. The third-order valence-electron chi connectivity index (χ3n) is 4.39. The van der Waals surface area contributed by atoms with E-state index in [-0.39, 0.29) is 5.91 Å². The van der Waals surface area contributed by atoms with Crippen molar-refractivity contribution in [2.45, 2.75) is 6.92 Å². The van der Waals surface area contributed by atoms with Gasteiger partial charge in [-0.2, -0.15) is 0 Å². The van der Waals surface area contributed by atoms with Crippen LogP contribution in [0.5, 0.6) is 0 Å². The van der Waals surface area contributed by atoms with Crippen LogP contribution < -0.4 is 5.32 Å². The van der Waals surface area contributed by atoms with Gasteiger partial charge in [-0.15, -0.1) is 0 Å². The Kier molecular flexibility index (Phi) is 4.99. The Labute approximate surface area is 141 Å². The third-order valence-corrected chi connectivity index (χ3v) is 4.68. The van der Waals surface area contributed by atoms with E-state index < -0.39 is 0 Å². The van der Waals surface area contributed by atoms with Gasteiger partial charge in [0.1, 0.15) is 11.4 Å². The quantitative estimate of drug-likeness (QED) is 0.681. The summed E-state index contributed by atoms with van der Waals surface area (Å²) in [5.41, 5.74) is 1.25. The number of hydrogen-bond acceptors (Lipinski definition) is 6. The molecule has 0 spiro atoms. The molecule has 126 valence electrons. The molecule has 0 aromatic carbocycles. The zero-order valence-corrected chi connectivity index (χ0v) is 14.4. The van der Waals surface area contributed by atoms with Gasteiger partial charge < -0.3 is 15.1 Å². The number of nitrogens with one attached hydrogen (secondary N) is 1. The molecule has 0 saturated carbocycles. The van der Waals surface area contributed by atoms with Gasteiger partial charge in [0.2, 0.25) is 5.29 Å². The molecule has 0 aromatic heterocycles. The maximum atomic E-state index is 13.0. The van der Waals surface area contributed by atoms with Gasteiger partial charge in [-0.05, 0) is 25.6 Å². The molecule has 3 aliphatic heterocycles. The minimum atomic E-state index is 0.0146. The predicted octanol–water partition coefficient (Wildman–Crippen LogP) is -0.0535. The largest absolute Gasteiger partial charge is 0.336 e. The number of likely N-dealkylation sites (N-methyl/N-ethyl adjacent to an activating group) is 1. The molecular formula is C15H23ClN6O. The minimum absolute atomic E-state index is 0.0146. The van der Waals surface area contributed by atoms with E-state index in [9.17, 15) is 4.79 Å². The molecular weight excluding hydrogens is 316 g/mol. The van der Waals surface area contributed by atoms with Crippen molar-refractivity contribution in [1.29, 1.82) is 0 Å². The van der Waals surface area contributed by atoms with Gasteiger partial charge in [0, 0.05) is 45.8 Å². The zero-order valence-electron chi connectivity index (χ0n) is 13.7. The second-order valence-electron chi connectivity index (χ2n) is 6.04. The van der Waals surface area contributed by atoms with E-state index >= 15 is 0 Å². The van der Waals surface area contributed by atoms with Crippen molar-refractivity contribution in [3.05, 3.63) is 11.3 Å². The van der Waals surface area contributed by atoms with Crippen molar-refractivity contribution in [3.63, 3.8) is 0 Å². The topological polar surface area (TPSA) is 63.5 Å². The van der Waals surface area contributed by atoms with Crippen molar-refractivity contribution in [1.82, 2.24) is 20.0 Å². The normalized spacial score (nSPS) is 23.8. The van der Waals surface area contributed by atoms with Crippen LogP contribution in [0.4, 0.5) is 0 Å². The Morgan fingerprint density at radius 2 is 1.91 bits per heavy atom. The Morgan fingerprint density at radius 3 is 2.65 bits per heavy atom. The summed E-state index contributed by atoms with van der Waals surface area (Å²) >= 11 is 6.29. The molecule has 0 radical (unpaired) electrons. The summed E-state index contributed by atoms with van der Waals surface area (Å²) in [4.78, 5) is 28.0. The molecule has 0 aliphatic carbocycles. The Bertz CT molecular complexity index is 577. The molecule has 1 saturated heterocycles. The van der Waals surface area contributed by atoms with Crippen LogP contribution >= 0.6 is 11.6 Å². The van der Waals surface area contributed by atoms with Crippen LogP contribution in [0.3, 0.4) is 0 Å². The molecule has 1 fully saturated rings. The van der Waals surface area contributed by atoms with Crippen LogP contribution in [-0.2, 0) is 4.79 Å². The van der Waals surface area contributed by atoms with E-state index in [2.05, 4.69) is 27.2 Å². The lowest BCUT2D eigenvalue weighted by atomic mass is 10.1. The molecule has 7 nitrogen and oxygen atoms in total. The van der Waals surface area contributed by atoms with E-state index in [0.29, 0.717) is 35.5 Å². The van der Waals surface area contributed by atoms with Gasteiger partial charge >= 0.3 is 0 Å². The standard InChI is InChI=1S/C15H23ClN6O/c1-11-12(14(23)21-9-7-20(2)8-10-21)13-18-4-3-17-5-6-22(13)15(16)19-11/h17H,3-10H2,1-2H3. The highest BCUT2D eigenvalue weighted by Gasteiger charge is 2.34. The smallest absolute Gasteiger partial charge is 0.259 e. The number of piperazine rings is 1. The molecule has 0 atom stereocenters. The van der Waals surface area contributed by atoms with Gasteiger partial charge in [0.15, 0.2) is 0 Å². The molecule has 3 rings (SSSR count). The third kappa shape index (κ3) is 3.41. The number of allylic oxidation sites excluding steroid dienone is 1. The van der Waals surface area contributed by atoms with Gasteiger partial charge in [-0.3, -0.25) is 14.7 Å². The van der Waals surface area contributed by atoms with Gasteiger partial charge in [-0.25, -0.2) is 4.99 Å². The monoisotopic (exact) mass is 338 g/mol. The van der Waals surface area contributed by atoms with Gasteiger partial charge in [0.25, 0.3) is 5.91 Å². The van der Waals surface area contributed by atoms with Crippen molar-refractivity contribution >= 4 is 28.6 Å². The first-order chi connectivity index (χ1) is 11.1. The Morgan fingerprint density at radius 1 is 1.17 bits per heavy atom. The van der Waals surface area contributed by atoms with E-state index in [1.807, 2.05) is 16.7 Å². The lowest BCUT2D eigenvalue weighted by Gasteiger charge is -2.36. The van der Waals surface area contributed by atoms with E-state index in [4.69, 9.17) is 11.6 Å². The average molecular weight is 339 g/mol. The van der Waals surface area contributed by atoms with Gasteiger partial charge in [-0.1, -0.05) is 0 Å². The molecule has 0 unspecified atom stereocenters. The number of amides is 1. The molecule has 1 amide bonds. The lowest BCUT2D eigenvalue weighted by molar-refractivity contribution is -0.128. The van der Waals surface area contributed by atoms with Crippen LogP contribution in [0.2, 0.25) is 0 Å². The number of aliphatic imine (C=N–C) groups is 2. The first kappa shape index (κ1) is 16.4. The van der Waals surface area contributed by atoms with Crippen molar-refractivity contribution < 1.29 is 4.79 Å². The first-order valence-electron chi connectivity index (χ1n) is 8.04. The van der Waals surface area contributed by atoms with Crippen molar-refractivity contribution in [2.75, 3.05) is 59.4 Å². The average Bonchev–Trinajstić information content (AvgIpc) is 2.49. The molecule has 3 aliphatic rings. The summed E-state index contributed by atoms with van der Waals surface area (Å²) in [5.74, 6) is 0.689. The molecule has 3 heterocycles. The van der Waals surface area contributed by atoms with E-state index in [1.54, 1.807) is 0 Å². The summed E-state index contributed by atoms with van der Waals surface area (Å²) in [6, 6.07) is 0. The van der Waals surface area contributed by atoms with E-state index in [0.717, 1.165) is 39.3 Å². The molecule has 0 bridgehead atoms. The second-order valence-corrected chi connectivity index (χ2v) is 6.38. The zero-order chi connectivity index (χ0) is 16.4.